The standard InChI is InChI=1S/C27H26ClN5O5S2/c28-19-3-2-18-12-26(39-24(18)13-19)40(36,37)32-15-23(27(35)31-7-9-38-10-8-31)33(25(34)16-32)14-17-1-4-20-21(29)5-6-30-22(20)11-17/h1-6,11-13,23H,7-10,14-16H2,(H2,29,30). The quantitative estimate of drug-likeness (QED) is 0.374. The molecule has 4 aromatic rings. The van der Waals surface area contributed by atoms with Crippen LogP contribution in [0.25, 0.3) is 21.0 Å². The predicted molar refractivity (Wildman–Crippen MR) is 153 cm³/mol. The van der Waals surface area contributed by atoms with Crippen LogP contribution >= 0.6 is 22.9 Å². The summed E-state index contributed by atoms with van der Waals surface area (Å²) in [7, 11) is -4.05. The molecule has 2 aromatic carbocycles. The Morgan fingerprint density at radius 1 is 1.12 bits per heavy atom. The Morgan fingerprint density at radius 2 is 1.93 bits per heavy atom. The number of piperazine rings is 1. The summed E-state index contributed by atoms with van der Waals surface area (Å²) in [6.45, 7) is 1.12. The van der Waals surface area contributed by atoms with Crippen molar-refractivity contribution in [2.75, 3.05) is 45.1 Å². The zero-order valence-electron chi connectivity index (χ0n) is 21.3. The molecule has 208 valence electrons. The number of thiophene rings is 1. The van der Waals surface area contributed by atoms with Crippen molar-refractivity contribution in [3.05, 3.63) is 65.3 Å². The molecule has 0 spiro atoms. The van der Waals surface area contributed by atoms with Crippen LogP contribution in [0, 0.1) is 0 Å². The summed E-state index contributed by atoms with van der Waals surface area (Å²) in [5.74, 6) is -0.756. The average molecular weight is 600 g/mol. The van der Waals surface area contributed by atoms with Gasteiger partial charge >= 0.3 is 0 Å². The van der Waals surface area contributed by atoms with Crippen LogP contribution in [0.4, 0.5) is 5.69 Å². The van der Waals surface area contributed by atoms with Crippen LogP contribution in [0.15, 0.2) is 58.9 Å². The summed E-state index contributed by atoms with van der Waals surface area (Å²) in [5.41, 5.74) is 8.09. The van der Waals surface area contributed by atoms with E-state index in [-0.39, 0.29) is 29.8 Å². The molecule has 13 heteroatoms. The van der Waals surface area contributed by atoms with Gasteiger partial charge in [-0.3, -0.25) is 14.6 Å². The number of fused-ring (bicyclic) bond motifs is 2. The highest BCUT2D eigenvalue weighted by Gasteiger charge is 2.43. The number of benzene rings is 2. The maximum Gasteiger partial charge on any atom is 0.253 e. The molecule has 2 aliphatic heterocycles. The lowest BCUT2D eigenvalue weighted by atomic mass is 10.1. The number of carbonyl (C=O) groups excluding carboxylic acids is 2. The third-order valence-corrected chi connectivity index (χ3v) is 10.8. The smallest absolute Gasteiger partial charge is 0.253 e. The normalized spacial score (nSPS) is 19.0. The van der Waals surface area contributed by atoms with Gasteiger partial charge in [0.2, 0.25) is 11.8 Å². The van der Waals surface area contributed by atoms with Crippen molar-refractivity contribution in [1.82, 2.24) is 19.1 Å². The molecule has 0 aliphatic carbocycles. The number of hydrogen-bond donors (Lipinski definition) is 1. The number of amides is 2. The number of rotatable bonds is 5. The number of nitrogens with zero attached hydrogens (tertiary/aromatic N) is 4. The van der Waals surface area contributed by atoms with E-state index in [4.69, 9.17) is 22.1 Å². The number of halogens is 1. The lowest BCUT2D eigenvalue weighted by Crippen LogP contribution is -2.63. The van der Waals surface area contributed by atoms with Crippen molar-refractivity contribution in [3.8, 4) is 0 Å². The molecule has 2 fully saturated rings. The van der Waals surface area contributed by atoms with Crippen LogP contribution in [0.5, 0.6) is 0 Å². The van der Waals surface area contributed by atoms with E-state index in [1.807, 2.05) is 18.2 Å². The summed E-state index contributed by atoms with van der Waals surface area (Å²) in [6, 6.07) is 13.0. The van der Waals surface area contributed by atoms with Crippen molar-refractivity contribution in [2.24, 2.45) is 0 Å². The van der Waals surface area contributed by atoms with Gasteiger partial charge in [0.1, 0.15) is 10.3 Å². The molecule has 40 heavy (non-hydrogen) atoms. The molecule has 6 rings (SSSR count). The largest absolute Gasteiger partial charge is 0.398 e. The number of aromatic nitrogens is 1. The predicted octanol–water partition coefficient (Wildman–Crippen LogP) is 2.95. The molecule has 2 amide bonds. The first kappa shape index (κ1) is 26.9. The van der Waals surface area contributed by atoms with Gasteiger partial charge in [-0.05, 0) is 41.3 Å². The lowest BCUT2D eigenvalue weighted by Gasteiger charge is -2.42. The minimum Gasteiger partial charge on any atom is -0.398 e. The monoisotopic (exact) mass is 599 g/mol. The van der Waals surface area contributed by atoms with E-state index in [0.29, 0.717) is 42.5 Å². The van der Waals surface area contributed by atoms with Gasteiger partial charge in [-0.25, -0.2) is 8.42 Å². The van der Waals surface area contributed by atoms with Crippen molar-refractivity contribution in [2.45, 2.75) is 16.8 Å². The number of nitrogens with two attached hydrogens (primary N) is 1. The number of sulfonamides is 1. The fraction of sp³-hybridized carbons (Fsp3) is 0.296. The molecule has 4 heterocycles. The second kappa shape index (κ2) is 10.6. The van der Waals surface area contributed by atoms with Gasteiger partial charge in [-0.2, -0.15) is 4.31 Å². The lowest BCUT2D eigenvalue weighted by molar-refractivity contribution is -0.152. The van der Waals surface area contributed by atoms with Crippen LogP contribution in [-0.2, 0) is 30.9 Å². The van der Waals surface area contributed by atoms with Crippen LogP contribution in [0.3, 0.4) is 0 Å². The number of ether oxygens (including phenoxy) is 1. The zero-order chi connectivity index (χ0) is 28.0. The zero-order valence-corrected chi connectivity index (χ0v) is 23.7. The van der Waals surface area contributed by atoms with Crippen molar-refractivity contribution in [1.29, 1.82) is 0 Å². The van der Waals surface area contributed by atoms with E-state index in [0.717, 1.165) is 36.7 Å². The number of anilines is 1. The number of nitrogen functional groups attached to an aromatic ring is 1. The van der Waals surface area contributed by atoms with Gasteiger partial charge in [0.25, 0.3) is 10.0 Å². The van der Waals surface area contributed by atoms with E-state index in [1.54, 1.807) is 41.4 Å². The van der Waals surface area contributed by atoms with Gasteiger partial charge in [0.15, 0.2) is 0 Å². The number of pyridine rings is 1. The van der Waals surface area contributed by atoms with Crippen LogP contribution in [0.1, 0.15) is 5.56 Å². The SMILES string of the molecule is Nc1ccnc2cc(CN3C(=O)CN(S(=O)(=O)c4cc5ccc(Cl)cc5s4)CC3C(=O)N3CCOCC3)ccc12. The third kappa shape index (κ3) is 5.01. The molecule has 2 saturated heterocycles. The molecule has 2 aromatic heterocycles. The van der Waals surface area contributed by atoms with Crippen molar-refractivity contribution >= 4 is 71.5 Å². The molecule has 0 radical (unpaired) electrons. The Hall–Kier alpha value is -3.29. The fourth-order valence-electron chi connectivity index (χ4n) is 5.10. The van der Waals surface area contributed by atoms with Gasteiger partial charge in [0.05, 0.1) is 25.3 Å². The summed E-state index contributed by atoms with van der Waals surface area (Å²) < 4.78 is 34.8. The Kier molecular flexibility index (Phi) is 7.13. The highest BCUT2D eigenvalue weighted by Crippen LogP contribution is 2.34. The minimum absolute atomic E-state index is 0.0989. The maximum absolute atomic E-state index is 13.8. The van der Waals surface area contributed by atoms with E-state index in [9.17, 15) is 18.0 Å². The summed E-state index contributed by atoms with van der Waals surface area (Å²) in [5, 5.41) is 2.04. The van der Waals surface area contributed by atoms with E-state index in [2.05, 4.69) is 4.98 Å². The van der Waals surface area contributed by atoms with Gasteiger partial charge in [-0.1, -0.05) is 29.8 Å². The molecule has 0 bridgehead atoms. The maximum atomic E-state index is 13.8. The summed E-state index contributed by atoms with van der Waals surface area (Å²) in [4.78, 5) is 34.8. The molecule has 2 aliphatic rings. The molecule has 1 atom stereocenters. The van der Waals surface area contributed by atoms with Crippen LogP contribution < -0.4 is 5.73 Å². The second-order valence-electron chi connectivity index (χ2n) is 9.77. The van der Waals surface area contributed by atoms with Crippen molar-refractivity contribution < 1.29 is 22.7 Å². The first-order chi connectivity index (χ1) is 19.2. The highest BCUT2D eigenvalue weighted by molar-refractivity contribution is 7.91. The molecular weight excluding hydrogens is 574 g/mol. The van der Waals surface area contributed by atoms with Gasteiger partial charge in [-0.15, -0.1) is 11.3 Å². The number of morpholine rings is 1. The van der Waals surface area contributed by atoms with Crippen LogP contribution in [0.2, 0.25) is 5.02 Å². The van der Waals surface area contributed by atoms with E-state index >= 15 is 0 Å². The van der Waals surface area contributed by atoms with Crippen molar-refractivity contribution in [3.63, 3.8) is 0 Å². The number of carbonyl (C=O) groups is 2. The topological polar surface area (TPSA) is 126 Å². The fourth-order valence-corrected chi connectivity index (χ4v) is 8.33. The molecule has 2 N–H and O–H groups in total. The number of hydrogen-bond acceptors (Lipinski definition) is 8. The Morgan fingerprint density at radius 3 is 2.73 bits per heavy atom. The average Bonchev–Trinajstić information content (AvgIpc) is 3.38. The summed E-state index contributed by atoms with van der Waals surface area (Å²) in [6.07, 6.45) is 1.61. The van der Waals surface area contributed by atoms with Crippen LogP contribution in [-0.4, -0.2) is 84.8 Å². The highest BCUT2D eigenvalue weighted by atomic mass is 35.5. The minimum atomic E-state index is -4.05. The van der Waals surface area contributed by atoms with Gasteiger partial charge in [0, 0.05) is 53.2 Å². The Labute approximate surface area is 239 Å². The Balaban J connectivity index is 1.33. The third-order valence-electron chi connectivity index (χ3n) is 7.24. The first-order valence-electron chi connectivity index (χ1n) is 12.7. The van der Waals surface area contributed by atoms with E-state index < -0.39 is 22.0 Å². The van der Waals surface area contributed by atoms with E-state index in [1.165, 1.54) is 4.90 Å². The first-order valence-corrected chi connectivity index (χ1v) is 15.3. The second-order valence-corrected chi connectivity index (χ2v) is 13.5. The summed E-state index contributed by atoms with van der Waals surface area (Å²) >= 11 is 7.18. The molecule has 1 unspecified atom stereocenters. The molecular formula is C27H26ClN5O5S2. The molecule has 10 nitrogen and oxygen atoms in total. The molecule has 0 saturated carbocycles. The van der Waals surface area contributed by atoms with Gasteiger partial charge < -0.3 is 20.3 Å². The Bertz CT molecular complexity index is 1740.